The van der Waals surface area contributed by atoms with Crippen molar-refractivity contribution in [1.29, 1.82) is 0 Å². The number of rotatable bonds is 5. The minimum atomic E-state index is 0.741. The molecule has 0 aromatic carbocycles. The molecule has 2 rings (SSSR count). The van der Waals surface area contributed by atoms with E-state index in [-0.39, 0.29) is 0 Å². The molecule has 0 aliphatic carbocycles. The predicted octanol–water partition coefficient (Wildman–Crippen LogP) is 1.11. The molecule has 1 atom stereocenters. The Morgan fingerprint density at radius 3 is 2.65 bits per heavy atom. The van der Waals surface area contributed by atoms with Gasteiger partial charge in [-0.1, -0.05) is 13.3 Å². The highest BCUT2D eigenvalue weighted by molar-refractivity contribution is 7.99. The standard InChI is InChI=1S/C13H27N3S/c1-2-3-13-12-16(5-4-14-13)7-6-15-8-10-17-11-9-15/h13-14H,2-12H2,1H3. The molecular weight excluding hydrogens is 230 g/mol. The highest BCUT2D eigenvalue weighted by Gasteiger charge is 2.19. The van der Waals surface area contributed by atoms with Crippen molar-refractivity contribution in [3.05, 3.63) is 0 Å². The van der Waals surface area contributed by atoms with Crippen LogP contribution < -0.4 is 5.32 Å². The normalized spacial score (nSPS) is 28.4. The fraction of sp³-hybridized carbons (Fsp3) is 1.00. The third kappa shape index (κ3) is 4.78. The predicted molar refractivity (Wildman–Crippen MR) is 76.9 cm³/mol. The smallest absolute Gasteiger partial charge is 0.0195 e. The van der Waals surface area contributed by atoms with Gasteiger partial charge in [-0.3, -0.25) is 4.90 Å². The van der Waals surface area contributed by atoms with Crippen LogP contribution in [0.15, 0.2) is 0 Å². The molecule has 2 heterocycles. The maximum Gasteiger partial charge on any atom is 0.0195 e. The van der Waals surface area contributed by atoms with Crippen molar-refractivity contribution in [3.63, 3.8) is 0 Å². The lowest BCUT2D eigenvalue weighted by Gasteiger charge is -2.35. The topological polar surface area (TPSA) is 18.5 Å². The van der Waals surface area contributed by atoms with Gasteiger partial charge in [0, 0.05) is 63.4 Å². The summed E-state index contributed by atoms with van der Waals surface area (Å²) in [6.45, 7) is 11.1. The quantitative estimate of drug-likeness (QED) is 0.795. The van der Waals surface area contributed by atoms with Crippen LogP contribution in [0.1, 0.15) is 19.8 Å². The highest BCUT2D eigenvalue weighted by atomic mass is 32.2. The second kappa shape index (κ2) is 7.62. The Kier molecular flexibility index (Phi) is 6.12. The fourth-order valence-electron chi connectivity index (χ4n) is 2.75. The Morgan fingerprint density at radius 2 is 1.88 bits per heavy atom. The second-order valence-corrected chi connectivity index (χ2v) is 6.42. The summed E-state index contributed by atoms with van der Waals surface area (Å²) in [5, 5.41) is 3.63. The molecule has 0 bridgehead atoms. The van der Waals surface area contributed by atoms with Gasteiger partial charge in [0.25, 0.3) is 0 Å². The molecule has 17 heavy (non-hydrogen) atoms. The van der Waals surface area contributed by atoms with Crippen molar-refractivity contribution in [2.75, 3.05) is 57.3 Å². The van der Waals surface area contributed by atoms with Gasteiger partial charge >= 0.3 is 0 Å². The highest BCUT2D eigenvalue weighted by Crippen LogP contribution is 2.10. The molecule has 0 radical (unpaired) electrons. The van der Waals surface area contributed by atoms with Gasteiger partial charge in [0.05, 0.1) is 0 Å². The Bertz CT molecular complexity index is 205. The third-order valence-corrected chi connectivity index (χ3v) is 4.76. The van der Waals surface area contributed by atoms with Crippen molar-refractivity contribution in [2.24, 2.45) is 0 Å². The number of hydrogen-bond donors (Lipinski definition) is 1. The molecular formula is C13H27N3S. The lowest BCUT2D eigenvalue weighted by Crippen LogP contribution is -2.52. The van der Waals surface area contributed by atoms with E-state index in [0.29, 0.717) is 0 Å². The molecule has 100 valence electrons. The molecule has 0 aromatic rings. The number of thioether (sulfide) groups is 1. The van der Waals surface area contributed by atoms with E-state index < -0.39 is 0 Å². The third-order valence-electron chi connectivity index (χ3n) is 3.81. The molecule has 3 nitrogen and oxygen atoms in total. The van der Waals surface area contributed by atoms with E-state index >= 15 is 0 Å². The first kappa shape index (κ1) is 13.7. The Morgan fingerprint density at radius 1 is 1.12 bits per heavy atom. The first-order valence-corrected chi connectivity index (χ1v) is 8.30. The van der Waals surface area contributed by atoms with Gasteiger partial charge in [-0.05, 0) is 6.42 Å². The average Bonchev–Trinajstić information content (AvgIpc) is 2.39. The number of nitrogens with zero attached hydrogens (tertiary/aromatic N) is 2. The van der Waals surface area contributed by atoms with Crippen LogP contribution in [0.3, 0.4) is 0 Å². The van der Waals surface area contributed by atoms with Crippen LogP contribution in [0.25, 0.3) is 0 Å². The van der Waals surface area contributed by atoms with Crippen LogP contribution in [0.4, 0.5) is 0 Å². The molecule has 0 spiro atoms. The molecule has 0 aromatic heterocycles. The van der Waals surface area contributed by atoms with Crippen LogP contribution in [0.2, 0.25) is 0 Å². The van der Waals surface area contributed by atoms with E-state index in [0.717, 1.165) is 6.04 Å². The van der Waals surface area contributed by atoms with Gasteiger partial charge in [0.1, 0.15) is 0 Å². The van der Waals surface area contributed by atoms with Crippen LogP contribution in [-0.2, 0) is 0 Å². The number of nitrogens with one attached hydrogen (secondary N) is 1. The van der Waals surface area contributed by atoms with Crippen molar-refractivity contribution >= 4 is 11.8 Å². The van der Waals surface area contributed by atoms with Crippen molar-refractivity contribution < 1.29 is 0 Å². The maximum absolute atomic E-state index is 3.63. The second-order valence-electron chi connectivity index (χ2n) is 5.19. The molecule has 0 saturated carbocycles. The van der Waals surface area contributed by atoms with E-state index in [1.165, 1.54) is 70.2 Å². The van der Waals surface area contributed by atoms with E-state index in [1.54, 1.807) is 0 Å². The van der Waals surface area contributed by atoms with Crippen molar-refractivity contribution in [3.8, 4) is 0 Å². The van der Waals surface area contributed by atoms with Crippen molar-refractivity contribution in [2.45, 2.75) is 25.8 Å². The monoisotopic (exact) mass is 257 g/mol. The summed E-state index contributed by atoms with van der Waals surface area (Å²) in [7, 11) is 0. The first-order valence-electron chi connectivity index (χ1n) is 7.14. The molecule has 4 heteroatoms. The van der Waals surface area contributed by atoms with Crippen LogP contribution in [-0.4, -0.2) is 73.2 Å². The summed E-state index contributed by atoms with van der Waals surface area (Å²) in [5.41, 5.74) is 0. The minimum Gasteiger partial charge on any atom is -0.311 e. The summed E-state index contributed by atoms with van der Waals surface area (Å²) in [6.07, 6.45) is 2.63. The Labute approximate surface area is 110 Å². The van der Waals surface area contributed by atoms with E-state index in [4.69, 9.17) is 0 Å². The van der Waals surface area contributed by atoms with Gasteiger partial charge < -0.3 is 10.2 Å². The maximum atomic E-state index is 3.63. The molecule has 0 amide bonds. The van der Waals surface area contributed by atoms with E-state index in [2.05, 4.69) is 33.8 Å². The largest absolute Gasteiger partial charge is 0.311 e. The summed E-state index contributed by atoms with van der Waals surface area (Å²) < 4.78 is 0. The summed E-state index contributed by atoms with van der Waals surface area (Å²) in [5.74, 6) is 2.67. The summed E-state index contributed by atoms with van der Waals surface area (Å²) in [6, 6.07) is 0.741. The average molecular weight is 257 g/mol. The fourth-order valence-corrected chi connectivity index (χ4v) is 3.73. The summed E-state index contributed by atoms with van der Waals surface area (Å²) in [4.78, 5) is 5.28. The van der Waals surface area contributed by atoms with E-state index in [9.17, 15) is 0 Å². The van der Waals surface area contributed by atoms with Gasteiger partial charge in [0.2, 0.25) is 0 Å². The SMILES string of the molecule is CCCC1CN(CCN2CCSCC2)CCN1. The van der Waals surface area contributed by atoms with Gasteiger partial charge in [-0.2, -0.15) is 11.8 Å². The van der Waals surface area contributed by atoms with Crippen LogP contribution in [0, 0.1) is 0 Å². The molecule has 1 N–H and O–H groups in total. The lowest BCUT2D eigenvalue weighted by atomic mass is 10.1. The molecule has 1 unspecified atom stereocenters. The zero-order valence-electron chi connectivity index (χ0n) is 11.2. The van der Waals surface area contributed by atoms with Crippen molar-refractivity contribution in [1.82, 2.24) is 15.1 Å². The molecule has 2 fully saturated rings. The Hall–Kier alpha value is 0.230. The lowest BCUT2D eigenvalue weighted by molar-refractivity contribution is 0.166. The number of piperazine rings is 1. The van der Waals surface area contributed by atoms with Gasteiger partial charge in [-0.15, -0.1) is 0 Å². The summed E-state index contributed by atoms with van der Waals surface area (Å²) >= 11 is 2.10. The van der Waals surface area contributed by atoms with Crippen LogP contribution >= 0.6 is 11.8 Å². The molecule has 2 aliphatic heterocycles. The Balaban J connectivity index is 1.64. The van der Waals surface area contributed by atoms with E-state index in [1.807, 2.05) is 0 Å². The van der Waals surface area contributed by atoms with Gasteiger partial charge in [-0.25, -0.2) is 0 Å². The first-order chi connectivity index (χ1) is 8.38. The molecule has 2 saturated heterocycles. The minimum absolute atomic E-state index is 0.741. The van der Waals surface area contributed by atoms with Gasteiger partial charge in [0.15, 0.2) is 0 Å². The zero-order chi connectivity index (χ0) is 11.9. The van der Waals surface area contributed by atoms with Crippen LogP contribution in [0.5, 0.6) is 0 Å². The number of hydrogen-bond acceptors (Lipinski definition) is 4. The molecule has 2 aliphatic rings. The zero-order valence-corrected chi connectivity index (χ0v) is 12.0.